The van der Waals surface area contributed by atoms with Crippen LogP contribution in [0.4, 0.5) is 0 Å². The van der Waals surface area contributed by atoms with Gasteiger partial charge in [0, 0.05) is 0 Å². The van der Waals surface area contributed by atoms with Gasteiger partial charge < -0.3 is 0 Å². The van der Waals surface area contributed by atoms with Crippen LogP contribution in [0.2, 0.25) is 9.26 Å². The third kappa shape index (κ3) is 6.24. The minimum Gasteiger partial charge on any atom is -0.147 e. The molecule has 0 aliphatic heterocycles. The van der Waals surface area contributed by atoms with Gasteiger partial charge in [-0.25, -0.2) is 0 Å². The van der Waals surface area contributed by atoms with Crippen LogP contribution < -0.4 is 0 Å². The molecule has 246 valence electrons. The van der Waals surface area contributed by atoms with Crippen LogP contribution in [0.3, 0.4) is 0 Å². The molecular weight excluding hydrogens is 719 g/mol. The standard InChI is InChI=1S/C22H17.C20H21.2CH3.2ClH.H2Si.Zr/c1-16-12-20-14-19(17-8-4-2-5-9-17)15-22(21(20)13-16)18-10-6-3-7-11-18;1-13(2)17-11-16-6-5-7-19(20(16)12-17)18-9-14(3)8-15(4)10-18;;;;;;/h2-15H,1H3;5-13H,1-4H3;2*1H3;2*1H;1H2;. The van der Waals surface area contributed by atoms with Gasteiger partial charge in [0.2, 0.25) is 0 Å². The van der Waals surface area contributed by atoms with Crippen molar-refractivity contribution < 1.29 is 17.4 Å². The van der Waals surface area contributed by atoms with E-state index in [1.807, 2.05) is 0 Å². The van der Waals surface area contributed by atoms with Gasteiger partial charge in [0.1, 0.15) is 0 Å². The molecule has 0 heterocycles. The Morgan fingerprint density at radius 2 is 1.12 bits per heavy atom. The molecule has 2 aliphatic rings. The molecule has 0 fully saturated rings. The molecule has 7 rings (SSSR count). The van der Waals surface area contributed by atoms with Crippen molar-refractivity contribution >= 4 is 43.8 Å². The number of halogens is 2. The van der Waals surface area contributed by atoms with Crippen molar-refractivity contribution in [1.29, 1.82) is 0 Å². The molecule has 4 heteroatoms. The van der Waals surface area contributed by atoms with Gasteiger partial charge >= 0.3 is 281 Å². The van der Waals surface area contributed by atoms with Crippen molar-refractivity contribution in [2.45, 2.75) is 51.1 Å². The Morgan fingerprint density at radius 1 is 0.542 bits per heavy atom. The average molecular weight is 767 g/mol. The number of hydrogen-bond donors (Lipinski definition) is 0. The Morgan fingerprint density at radius 3 is 1.73 bits per heavy atom. The molecule has 48 heavy (non-hydrogen) atoms. The SMILES string of the molecule is CC1=Cc2c(-c3ccccc3)cc(-c3ccccc3)cc2[CH]1[Zr]([CH3])([CH3])(=[SiH2])[CH]1C(C(C)C)=Cc2c(-c3cc(C)cc(C)c3)cccc21.Cl.Cl. The van der Waals surface area contributed by atoms with E-state index in [9.17, 15) is 0 Å². The maximum atomic E-state index is 2.77. The second kappa shape index (κ2) is 13.5. The van der Waals surface area contributed by atoms with Crippen LogP contribution in [0.1, 0.15) is 61.4 Å². The Balaban J connectivity index is 0.00000225. The van der Waals surface area contributed by atoms with E-state index in [4.69, 9.17) is 0 Å². The summed E-state index contributed by atoms with van der Waals surface area (Å²) in [4.78, 5) is 0. The molecule has 2 aliphatic carbocycles. The van der Waals surface area contributed by atoms with Crippen LogP contribution in [0.15, 0.2) is 120 Å². The number of allylic oxidation sites excluding steroid dienone is 2. The molecule has 0 nitrogen and oxygen atoms in total. The second-order valence-electron chi connectivity index (χ2n) is 15.4. The number of benzene rings is 5. The zero-order chi connectivity index (χ0) is 32.4. The molecule has 0 saturated heterocycles. The summed E-state index contributed by atoms with van der Waals surface area (Å²) in [6.07, 6.45) is 5.16. The molecule has 5 aromatic rings. The first-order valence-electron chi connectivity index (χ1n) is 16.9. The van der Waals surface area contributed by atoms with Crippen LogP contribution in [0, 0.1) is 19.8 Å². The van der Waals surface area contributed by atoms with Crippen molar-refractivity contribution in [2.75, 3.05) is 0 Å². The fraction of sp³-hybridized carbons (Fsp3) is 0.227. The molecular formula is C44H48Cl2SiZr. The minimum atomic E-state index is -3.77. The summed E-state index contributed by atoms with van der Waals surface area (Å²) in [6, 6.07) is 41.2. The third-order valence-corrected chi connectivity index (χ3v) is 28.4. The topological polar surface area (TPSA) is 0 Å². The van der Waals surface area contributed by atoms with Crippen molar-refractivity contribution in [3.63, 3.8) is 0 Å². The molecule has 0 N–H and O–H groups in total. The van der Waals surface area contributed by atoms with Crippen LogP contribution in [0.5, 0.6) is 0 Å². The van der Waals surface area contributed by atoms with Crippen LogP contribution in [-0.4, -0.2) is 6.88 Å². The summed E-state index contributed by atoms with van der Waals surface area (Å²) in [5.41, 5.74) is 19.8. The molecule has 0 spiro atoms. The maximum Gasteiger partial charge on any atom is -0.147 e. The summed E-state index contributed by atoms with van der Waals surface area (Å²) < 4.78 is 6.49. The summed E-state index contributed by atoms with van der Waals surface area (Å²) in [7, 11) is 0. The number of hydrogen-bond acceptors (Lipinski definition) is 0. The quantitative estimate of drug-likeness (QED) is 0.151. The Kier molecular flexibility index (Phi) is 10.3. The summed E-state index contributed by atoms with van der Waals surface area (Å²) in [5, 5.41) is 0. The largest absolute Gasteiger partial charge is 0.147 e. The van der Waals surface area contributed by atoms with Gasteiger partial charge in [-0.15, -0.1) is 24.8 Å². The zero-order valence-electron chi connectivity index (χ0n) is 29.3. The van der Waals surface area contributed by atoms with Gasteiger partial charge in [-0.3, -0.25) is 0 Å². The molecule has 0 amide bonds. The van der Waals surface area contributed by atoms with Crippen LogP contribution in [-0.2, 0) is 17.4 Å². The van der Waals surface area contributed by atoms with Gasteiger partial charge in [0.05, 0.1) is 0 Å². The maximum absolute atomic E-state index is 3.77. The van der Waals surface area contributed by atoms with E-state index in [1.54, 1.807) is 22.3 Å². The molecule has 0 aromatic heterocycles. The fourth-order valence-electron chi connectivity index (χ4n) is 9.08. The molecule has 2 unspecified atom stereocenters. The molecule has 5 aromatic carbocycles. The van der Waals surface area contributed by atoms with Gasteiger partial charge in [-0.2, -0.15) is 0 Å². The zero-order valence-corrected chi connectivity index (χ0v) is 34.8. The first kappa shape index (κ1) is 36.5. The Labute approximate surface area is 303 Å². The summed E-state index contributed by atoms with van der Waals surface area (Å²) in [6.45, 7) is 14.2. The van der Waals surface area contributed by atoms with Crippen molar-refractivity contribution in [3.8, 4) is 33.4 Å². The van der Waals surface area contributed by atoms with Crippen molar-refractivity contribution in [2.24, 2.45) is 5.92 Å². The monoisotopic (exact) mass is 764 g/mol. The summed E-state index contributed by atoms with van der Waals surface area (Å²) in [5.74, 6) is 0.489. The van der Waals surface area contributed by atoms with E-state index < -0.39 is 17.4 Å². The van der Waals surface area contributed by atoms with E-state index in [0.29, 0.717) is 13.2 Å². The Bertz CT molecular complexity index is 2110. The van der Waals surface area contributed by atoms with Crippen molar-refractivity contribution in [3.05, 3.63) is 154 Å². The van der Waals surface area contributed by atoms with E-state index in [0.717, 1.165) is 0 Å². The Hall–Kier alpha value is -2.74. The second-order valence-corrected chi connectivity index (χ2v) is 45.9. The number of fused-ring (bicyclic) bond motifs is 2. The number of aryl methyl sites for hydroxylation is 2. The van der Waals surface area contributed by atoms with Crippen molar-refractivity contribution in [1.82, 2.24) is 0 Å². The normalized spacial score (nSPS) is 16.8. The predicted octanol–water partition coefficient (Wildman–Crippen LogP) is 12.7. The van der Waals surface area contributed by atoms with E-state index in [-0.39, 0.29) is 24.8 Å². The van der Waals surface area contributed by atoms with Gasteiger partial charge in [-0.1, -0.05) is 0 Å². The minimum absolute atomic E-state index is 0. The van der Waals surface area contributed by atoms with Crippen LogP contribution in [0.25, 0.3) is 45.5 Å². The molecule has 2 atom stereocenters. The van der Waals surface area contributed by atoms with E-state index in [1.165, 1.54) is 55.6 Å². The van der Waals surface area contributed by atoms with Crippen LogP contribution >= 0.6 is 24.8 Å². The number of rotatable bonds is 6. The first-order valence-corrected chi connectivity index (χ1v) is 30.6. The average Bonchev–Trinajstić information content (AvgIpc) is 3.60. The molecule has 0 bridgehead atoms. The first-order chi connectivity index (χ1) is 21.9. The van der Waals surface area contributed by atoms with E-state index >= 15 is 0 Å². The van der Waals surface area contributed by atoms with E-state index in [2.05, 4.69) is 172 Å². The predicted molar refractivity (Wildman–Crippen MR) is 215 cm³/mol. The van der Waals surface area contributed by atoms with Gasteiger partial charge in [0.25, 0.3) is 0 Å². The molecule has 0 saturated carbocycles. The smallest absolute Gasteiger partial charge is 0.147 e. The third-order valence-electron chi connectivity index (χ3n) is 10.7. The fourth-order valence-corrected chi connectivity index (χ4v) is 29.6. The van der Waals surface area contributed by atoms with Gasteiger partial charge in [0.15, 0.2) is 0 Å². The molecule has 0 radical (unpaired) electrons. The summed E-state index contributed by atoms with van der Waals surface area (Å²) >= 11 is -3.77. The van der Waals surface area contributed by atoms with Gasteiger partial charge in [-0.05, 0) is 0 Å².